The molecular formula is C14H22N2O5S. The number of methoxy groups -OCH3 is 1. The van der Waals surface area contributed by atoms with Gasteiger partial charge in [-0.05, 0) is 30.2 Å². The first-order chi connectivity index (χ1) is 10.3. The molecule has 1 aromatic carbocycles. The fourth-order valence-corrected chi connectivity index (χ4v) is 2.42. The summed E-state index contributed by atoms with van der Waals surface area (Å²) in [7, 11) is -2.23. The minimum Gasteiger partial charge on any atom is -0.491 e. The minimum absolute atomic E-state index is 0.0384. The SMILES string of the molecule is COCCOc1ccc(S(=O)(=O)NNC(=O)CC(C)C)cc1. The Kier molecular flexibility index (Phi) is 7.30. The zero-order chi connectivity index (χ0) is 16.6. The van der Waals surface area contributed by atoms with Gasteiger partial charge in [0.2, 0.25) is 5.91 Å². The van der Waals surface area contributed by atoms with Crippen molar-refractivity contribution in [2.24, 2.45) is 5.92 Å². The number of hydrogen-bond donors (Lipinski definition) is 2. The van der Waals surface area contributed by atoms with Crippen LogP contribution < -0.4 is 15.0 Å². The van der Waals surface area contributed by atoms with Crippen LogP contribution in [0.15, 0.2) is 29.2 Å². The molecule has 124 valence electrons. The number of carbonyl (C=O) groups is 1. The Hall–Kier alpha value is -1.64. The molecule has 7 nitrogen and oxygen atoms in total. The summed E-state index contributed by atoms with van der Waals surface area (Å²) in [5.41, 5.74) is 2.18. The average molecular weight is 330 g/mol. The monoisotopic (exact) mass is 330 g/mol. The number of amides is 1. The number of benzene rings is 1. The second-order valence-corrected chi connectivity index (χ2v) is 6.75. The Labute approximate surface area is 131 Å². The first-order valence-corrected chi connectivity index (χ1v) is 8.36. The molecule has 0 aromatic heterocycles. The number of rotatable bonds is 9. The van der Waals surface area contributed by atoms with Crippen LogP contribution in [0.1, 0.15) is 20.3 Å². The van der Waals surface area contributed by atoms with Crippen molar-refractivity contribution < 1.29 is 22.7 Å². The van der Waals surface area contributed by atoms with Gasteiger partial charge in [-0.15, -0.1) is 4.83 Å². The van der Waals surface area contributed by atoms with Crippen molar-refractivity contribution in [2.45, 2.75) is 25.2 Å². The van der Waals surface area contributed by atoms with E-state index in [1.165, 1.54) is 12.1 Å². The van der Waals surface area contributed by atoms with Crippen LogP contribution in [0.5, 0.6) is 5.75 Å². The standard InChI is InChI=1S/C14H22N2O5S/c1-11(2)10-14(17)15-16-22(18,19)13-6-4-12(5-7-13)21-9-8-20-3/h4-7,11,16H,8-10H2,1-3H3,(H,15,17). The van der Waals surface area contributed by atoms with Gasteiger partial charge in [-0.1, -0.05) is 13.8 Å². The van der Waals surface area contributed by atoms with Crippen LogP contribution in [0.25, 0.3) is 0 Å². The van der Waals surface area contributed by atoms with Gasteiger partial charge in [0.25, 0.3) is 10.0 Å². The van der Waals surface area contributed by atoms with E-state index in [9.17, 15) is 13.2 Å². The lowest BCUT2D eigenvalue weighted by atomic mass is 10.1. The molecule has 0 saturated heterocycles. The summed E-state index contributed by atoms with van der Waals surface area (Å²) >= 11 is 0. The molecule has 0 unspecified atom stereocenters. The number of nitrogens with one attached hydrogen (secondary N) is 2. The van der Waals surface area contributed by atoms with Gasteiger partial charge in [0.15, 0.2) is 0 Å². The quantitative estimate of drug-likeness (QED) is 0.522. The van der Waals surface area contributed by atoms with Gasteiger partial charge in [0.05, 0.1) is 11.5 Å². The summed E-state index contributed by atoms with van der Waals surface area (Å²) in [5.74, 6) is 0.311. The molecule has 1 rings (SSSR count). The highest BCUT2D eigenvalue weighted by molar-refractivity contribution is 7.89. The molecule has 22 heavy (non-hydrogen) atoms. The molecule has 1 aromatic rings. The maximum Gasteiger partial charge on any atom is 0.257 e. The second kappa shape index (κ2) is 8.72. The van der Waals surface area contributed by atoms with E-state index in [1.807, 2.05) is 13.8 Å². The molecule has 2 N–H and O–H groups in total. The topological polar surface area (TPSA) is 93.7 Å². The van der Waals surface area contributed by atoms with Gasteiger partial charge < -0.3 is 9.47 Å². The van der Waals surface area contributed by atoms with Crippen molar-refractivity contribution in [3.05, 3.63) is 24.3 Å². The normalized spacial score (nSPS) is 11.5. The van der Waals surface area contributed by atoms with E-state index in [0.29, 0.717) is 19.0 Å². The van der Waals surface area contributed by atoms with E-state index >= 15 is 0 Å². The largest absolute Gasteiger partial charge is 0.491 e. The number of ether oxygens (including phenoxy) is 2. The number of carbonyl (C=O) groups excluding carboxylic acids is 1. The molecule has 0 atom stereocenters. The van der Waals surface area contributed by atoms with E-state index in [1.54, 1.807) is 19.2 Å². The Morgan fingerprint density at radius 3 is 2.36 bits per heavy atom. The molecule has 1 amide bonds. The zero-order valence-corrected chi connectivity index (χ0v) is 13.8. The maximum absolute atomic E-state index is 12.0. The van der Waals surface area contributed by atoms with E-state index in [4.69, 9.17) is 9.47 Å². The predicted molar refractivity (Wildman–Crippen MR) is 81.7 cm³/mol. The molecule has 0 fully saturated rings. The molecule has 0 heterocycles. The van der Waals surface area contributed by atoms with Gasteiger partial charge >= 0.3 is 0 Å². The molecule has 0 bridgehead atoms. The van der Waals surface area contributed by atoms with Gasteiger partial charge in [-0.25, -0.2) is 8.42 Å². The molecule has 8 heteroatoms. The third-order valence-electron chi connectivity index (χ3n) is 2.61. The van der Waals surface area contributed by atoms with Crippen LogP contribution in [0.2, 0.25) is 0 Å². The Bertz CT molecular complexity index is 569. The molecular weight excluding hydrogens is 308 g/mol. The fourth-order valence-electron chi connectivity index (χ4n) is 1.56. The van der Waals surface area contributed by atoms with Crippen LogP contribution in [-0.4, -0.2) is 34.6 Å². The van der Waals surface area contributed by atoms with Crippen molar-refractivity contribution in [3.63, 3.8) is 0 Å². The van der Waals surface area contributed by atoms with E-state index in [-0.39, 0.29) is 23.1 Å². The molecule has 0 aliphatic carbocycles. The number of sulfonamides is 1. The van der Waals surface area contributed by atoms with Crippen LogP contribution >= 0.6 is 0 Å². The van der Waals surface area contributed by atoms with Crippen LogP contribution in [-0.2, 0) is 19.6 Å². The van der Waals surface area contributed by atoms with Crippen molar-refractivity contribution in [1.29, 1.82) is 0 Å². The van der Waals surface area contributed by atoms with Crippen molar-refractivity contribution in [2.75, 3.05) is 20.3 Å². The molecule has 0 radical (unpaired) electrons. The smallest absolute Gasteiger partial charge is 0.257 e. The van der Waals surface area contributed by atoms with Gasteiger partial charge in [-0.2, -0.15) is 0 Å². The third kappa shape index (κ3) is 6.42. The van der Waals surface area contributed by atoms with E-state index < -0.39 is 10.0 Å². The average Bonchev–Trinajstić information content (AvgIpc) is 2.45. The highest BCUT2D eigenvalue weighted by Crippen LogP contribution is 2.15. The molecule has 0 aliphatic rings. The third-order valence-corrected chi connectivity index (χ3v) is 3.87. The zero-order valence-electron chi connectivity index (χ0n) is 13.0. The number of hydrazine groups is 1. The first kappa shape index (κ1) is 18.4. The lowest BCUT2D eigenvalue weighted by Gasteiger charge is -2.10. The van der Waals surface area contributed by atoms with Crippen LogP contribution in [0.4, 0.5) is 0 Å². The highest BCUT2D eigenvalue weighted by Gasteiger charge is 2.15. The summed E-state index contributed by atoms with van der Waals surface area (Å²) in [5, 5.41) is 0. The molecule has 0 spiro atoms. The minimum atomic E-state index is -3.80. The lowest BCUT2D eigenvalue weighted by Crippen LogP contribution is -2.41. The Balaban J connectivity index is 2.59. The fraction of sp³-hybridized carbons (Fsp3) is 0.500. The van der Waals surface area contributed by atoms with Gasteiger partial charge in [0.1, 0.15) is 12.4 Å². The van der Waals surface area contributed by atoms with E-state index in [0.717, 1.165) is 0 Å². The summed E-state index contributed by atoms with van der Waals surface area (Å²) in [6, 6.07) is 5.89. The Morgan fingerprint density at radius 2 is 1.82 bits per heavy atom. The van der Waals surface area contributed by atoms with Gasteiger partial charge in [0, 0.05) is 13.5 Å². The second-order valence-electron chi connectivity index (χ2n) is 5.06. The summed E-state index contributed by atoms with van der Waals surface area (Å²) < 4.78 is 34.2. The van der Waals surface area contributed by atoms with Gasteiger partial charge in [-0.3, -0.25) is 10.2 Å². The summed E-state index contributed by atoms with van der Waals surface area (Å²) in [4.78, 5) is 13.6. The maximum atomic E-state index is 12.0. The summed E-state index contributed by atoms with van der Waals surface area (Å²) in [6.45, 7) is 4.57. The van der Waals surface area contributed by atoms with Crippen LogP contribution in [0.3, 0.4) is 0 Å². The molecule has 0 aliphatic heterocycles. The number of hydrogen-bond acceptors (Lipinski definition) is 5. The van der Waals surface area contributed by atoms with Crippen molar-refractivity contribution in [3.8, 4) is 5.75 Å². The van der Waals surface area contributed by atoms with Crippen molar-refractivity contribution in [1.82, 2.24) is 10.3 Å². The Morgan fingerprint density at radius 1 is 1.18 bits per heavy atom. The highest BCUT2D eigenvalue weighted by atomic mass is 32.2. The molecule has 0 saturated carbocycles. The summed E-state index contributed by atoms with van der Waals surface area (Å²) in [6.07, 6.45) is 0.245. The van der Waals surface area contributed by atoms with Crippen molar-refractivity contribution >= 4 is 15.9 Å². The predicted octanol–water partition coefficient (Wildman–Crippen LogP) is 1.07. The first-order valence-electron chi connectivity index (χ1n) is 6.87. The van der Waals surface area contributed by atoms with Crippen LogP contribution in [0, 0.1) is 5.92 Å². The van der Waals surface area contributed by atoms with E-state index in [2.05, 4.69) is 10.3 Å². The lowest BCUT2D eigenvalue weighted by molar-refractivity contribution is -0.122.